The molecule has 6 aliphatic rings. The molecule has 6 saturated carbocycles. The van der Waals surface area contributed by atoms with Crippen LogP contribution in [0, 0.1) is 0 Å². The molecule has 0 aromatic rings. The normalized spacial score (nSPS) is 29.5. The molecule has 6 aliphatic carbocycles. The maximum absolute atomic E-state index is 9.81. The quantitative estimate of drug-likeness (QED) is 0.128. The summed E-state index contributed by atoms with van der Waals surface area (Å²) in [5, 5.41) is 0.645. The van der Waals surface area contributed by atoms with Crippen LogP contribution in [0.25, 0.3) is 0 Å². The second-order valence-corrected chi connectivity index (χ2v) is 31.2. The molecule has 0 aromatic carbocycles. The van der Waals surface area contributed by atoms with E-state index in [4.69, 9.17) is 11.6 Å². The van der Waals surface area contributed by atoms with Gasteiger partial charge in [-0.05, 0) is 0 Å². The first-order valence-electron chi connectivity index (χ1n) is 20.8. The number of hydrogen-bond acceptors (Lipinski definition) is 0. The van der Waals surface area contributed by atoms with Crippen LogP contribution >= 0.6 is 36.1 Å². The second-order valence-electron chi connectivity index (χ2n) is 17.7. The van der Waals surface area contributed by atoms with Crippen LogP contribution < -0.4 is 0 Å². The van der Waals surface area contributed by atoms with E-state index in [2.05, 4.69) is 19.9 Å². The number of alkyl halides is 1. The molecule has 260 valence electrons. The molecular formula is C41H73Cl2P2+. The first-order valence-corrected chi connectivity index (χ1v) is 26.6. The first-order chi connectivity index (χ1) is 21.9. The van der Waals surface area contributed by atoms with Gasteiger partial charge in [0, 0.05) is 0 Å². The van der Waals surface area contributed by atoms with Crippen molar-refractivity contribution in [2.45, 2.75) is 245 Å². The molecule has 1 atom stereocenters. The summed E-state index contributed by atoms with van der Waals surface area (Å²) in [6.07, 6.45) is 46.2. The van der Waals surface area contributed by atoms with Crippen molar-refractivity contribution in [3.63, 3.8) is 0 Å². The number of allylic oxidation sites excluding steroid dienone is 2. The number of rotatable bonds is 9. The van der Waals surface area contributed by atoms with Gasteiger partial charge >= 0.3 is 292 Å². The third-order valence-electron chi connectivity index (χ3n) is 15.2. The van der Waals surface area contributed by atoms with Crippen LogP contribution in [0.4, 0.5) is 0 Å². The Morgan fingerprint density at radius 3 is 1.18 bits per heavy atom. The van der Waals surface area contributed by atoms with Gasteiger partial charge in [0.1, 0.15) is 0 Å². The average Bonchev–Trinajstić information content (AvgIpc) is 3.10. The summed E-state index contributed by atoms with van der Waals surface area (Å²) in [4.78, 5) is 0. The van der Waals surface area contributed by atoms with Gasteiger partial charge in [-0.1, -0.05) is 0 Å². The van der Waals surface area contributed by atoms with E-state index >= 15 is 0 Å². The Morgan fingerprint density at radius 2 is 0.844 bits per heavy atom. The van der Waals surface area contributed by atoms with Gasteiger partial charge in [0.05, 0.1) is 0 Å². The summed E-state index contributed by atoms with van der Waals surface area (Å²) >= 11 is 18.6. The summed E-state index contributed by atoms with van der Waals surface area (Å²) < 4.78 is -0.144. The molecule has 0 N–H and O–H groups in total. The minimum atomic E-state index is -3.14. The zero-order chi connectivity index (χ0) is 31.4. The Hall–Kier alpha value is 1.18. The topological polar surface area (TPSA) is 0 Å². The molecule has 0 saturated heterocycles. The predicted molar refractivity (Wildman–Crippen MR) is 209 cm³/mol. The van der Waals surface area contributed by atoms with Gasteiger partial charge in [0.2, 0.25) is 0 Å². The molecule has 6 rings (SSSR count). The van der Waals surface area contributed by atoms with E-state index in [-0.39, 0.29) is 4.62 Å². The van der Waals surface area contributed by atoms with Crippen molar-refractivity contribution >= 4 is 36.1 Å². The molecule has 1 unspecified atom stereocenters. The molecule has 0 aliphatic heterocycles. The minimum absolute atomic E-state index is 0.144. The zero-order valence-corrected chi connectivity index (χ0v) is 33.2. The Morgan fingerprint density at radius 1 is 0.533 bits per heavy atom. The molecule has 0 heterocycles. The van der Waals surface area contributed by atoms with Crippen LogP contribution in [0.5, 0.6) is 0 Å². The molecule has 0 spiro atoms. The first kappa shape index (κ1) is 36.0. The van der Waals surface area contributed by atoms with E-state index in [1.807, 2.05) is 0 Å². The monoisotopic (exact) mass is 697 g/mol. The van der Waals surface area contributed by atoms with Crippen LogP contribution in [0.1, 0.15) is 206 Å². The van der Waals surface area contributed by atoms with Crippen LogP contribution in [0.15, 0.2) is 11.6 Å². The van der Waals surface area contributed by atoms with Crippen molar-refractivity contribution in [1.29, 1.82) is 0 Å². The Bertz CT molecular complexity index is 886. The summed E-state index contributed by atoms with van der Waals surface area (Å²) in [5.41, 5.74) is 5.92. The summed E-state index contributed by atoms with van der Waals surface area (Å²) in [6.45, 7) is 4.98. The fourth-order valence-corrected chi connectivity index (χ4v) is 40.4. The van der Waals surface area contributed by atoms with Crippen LogP contribution in [-0.4, -0.2) is 38.3 Å². The molecule has 0 radical (unpaired) electrons. The average molecular weight is 699 g/mol. The SMILES string of the molecule is CC(C)=CC([P+](C1CCCCC1)(C1CCCCC1)C1CCCCC1)P(Cl)(C1CCCCC1)(C1CCCCC1)C1(Cl)CCCCC1. The Balaban J connectivity index is 1.71. The van der Waals surface area contributed by atoms with Crippen molar-refractivity contribution in [3.05, 3.63) is 11.6 Å². The van der Waals surface area contributed by atoms with E-state index < -0.39 is 13.2 Å². The second kappa shape index (κ2) is 15.6. The van der Waals surface area contributed by atoms with Crippen molar-refractivity contribution in [2.24, 2.45) is 0 Å². The molecule has 0 bridgehead atoms. The number of hydrogen-bond donors (Lipinski definition) is 0. The van der Waals surface area contributed by atoms with Gasteiger partial charge in [-0.3, -0.25) is 0 Å². The van der Waals surface area contributed by atoms with E-state index in [9.17, 15) is 11.2 Å². The zero-order valence-electron chi connectivity index (χ0n) is 29.9. The summed E-state index contributed by atoms with van der Waals surface area (Å²) in [6, 6.07) is 0. The van der Waals surface area contributed by atoms with Gasteiger partial charge in [-0.15, -0.1) is 0 Å². The van der Waals surface area contributed by atoms with E-state index in [1.165, 1.54) is 193 Å². The van der Waals surface area contributed by atoms with Crippen molar-refractivity contribution in [1.82, 2.24) is 0 Å². The molecule has 6 fully saturated rings. The predicted octanol–water partition coefficient (Wildman–Crippen LogP) is 15.6. The van der Waals surface area contributed by atoms with Gasteiger partial charge in [0.25, 0.3) is 0 Å². The van der Waals surface area contributed by atoms with Crippen molar-refractivity contribution in [2.75, 3.05) is 0 Å². The summed E-state index contributed by atoms with van der Waals surface area (Å²) in [5.74, 6) is -3.14. The van der Waals surface area contributed by atoms with Gasteiger partial charge in [-0.25, -0.2) is 0 Å². The summed E-state index contributed by atoms with van der Waals surface area (Å²) in [7, 11) is -1.55. The fourth-order valence-electron chi connectivity index (χ4n) is 13.5. The van der Waals surface area contributed by atoms with E-state index in [0.29, 0.717) is 16.7 Å². The third-order valence-corrected chi connectivity index (χ3v) is 37.1. The van der Waals surface area contributed by atoms with E-state index in [0.717, 1.165) is 17.0 Å². The van der Waals surface area contributed by atoms with Crippen LogP contribution in [-0.2, 0) is 0 Å². The standard InChI is InChI=1S/C41H73Cl2P2/c1-34(2)33-40(44(35-21-9-3-10-22-35,36-23-11-4-12-24-36)37-25-13-5-14-26-37)45(43,38-27-15-6-16-28-38,39-29-17-7-18-30-39)41(42)31-19-8-20-32-41/h33,35-40H,3-32H2,1-2H3/q+1. The molecule has 0 amide bonds. The van der Waals surface area contributed by atoms with Crippen molar-refractivity contribution < 1.29 is 0 Å². The van der Waals surface area contributed by atoms with Gasteiger partial charge in [-0.2, -0.15) is 0 Å². The van der Waals surface area contributed by atoms with Gasteiger partial charge < -0.3 is 0 Å². The Labute approximate surface area is 291 Å². The molecule has 0 nitrogen and oxygen atoms in total. The molecular weight excluding hydrogens is 625 g/mol. The fraction of sp³-hybridized carbons (Fsp3) is 0.951. The van der Waals surface area contributed by atoms with E-state index in [1.54, 1.807) is 5.57 Å². The third kappa shape index (κ3) is 6.35. The molecule has 4 heteroatoms. The van der Waals surface area contributed by atoms with Crippen LogP contribution in [0.3, 0.4) is 0 Å². The number of halogens is 2. The Kier molecular flexibility index (Phi) is 12.5. The van der Waals surface area contributed by atoms with Gasteiger partial charge in [0.15, 0.2) is 0 Å². The molecule has 45 heavy (non-hydrogen) atoms. The molecule has 0 aromatic heterocycles. The van der Waals surface area contributed by atoms with Crippen molar-refractivity contribution in [3.8, 4) is 0 Å². The maximum atomic E-state index is 9.81. The van der Waals surface area contributed by atoms with Crippen LogP contribution in [0.2, 0.25) is 0 Å².